The van der Waals surface area contributed by atoms with Gasteiger partial charge in [-0.05, 0) is 43.0 Å². The summed E-state index contributed by atoms with van der Waals surface area (Å²) in [5.41, 5.74) is 2.76. The third kappa shape index (κ3) is 2.95. The highest BCUT2D eigenvalue weighted by Crippen LogP contribution is 2.23. The highest BCUT2D eigenvalue weighted by atomic mass is 32.2. The Morgan fingerprint density at radius 3 is 2.65 bits per heavy atom. The first-order valence-corrected chi connectivity index (χ1v) is 8.31. The molecule has 0 fully saturated rings. The quantitative estimate of drug-likeness (QED) is 0.865. The third-order valence-electron chi connectivity index (χ3n) is 3.66. The van der Waals surface area contributed by atoms with Crippen LogP contribution in [-0.4, -0.2) is 30.9 Å². The zero-order valence-electron chi connectivity index (χ0n) is 12.0. The summed E-state index contributed by atoms with van der Waals surface area (Å²) >= 11 is 0. The van der Waals surface area contributed by atoms with Crippen LogP contribution in [0, 0.1) is 0 Å². The number of aryl methyl sites for hydroxylation is 1. The molecule has 0 amide bonds. The first-order chi connectivity index (χ1) is 9.48. The lowest BCUT2D eigenvalue weighted by molar-refractivity contribution is 0.280. The van der Waals surface area contributed by atoms with Crippen molar-refractivity contribution >= 4 is 10.0 Å². The summed E-state index contributed by atoms with van der Waals surface area (Å²) in [5, 5.41) is 9.37. The maximum Gasteiger partial charge on any atom is 0.243 e. The average Bonchev–Trinajstić information content (AvgIpc) is 2.46. The van der Waals surface area contributed by atoms with Gasteiger partial charge in [0.2, 0.25) is 10.0 Å². The van der Waals surface area contributed by atoms with Crippen LogP contribution in [0.5, 0.6) is 0 Å². The largest absolute Gasteiger partial charge is 0.392 e. The summed E-state index contributed by atoms with van der Waals surface area (Å²) in [5.74, 6) is 0. The van der Waals surface area contributed by atoms with Gasteiger partial charge in [0.15, 0.2) is 0 Å². The molecule has 0 aliphatic carbocycles. The van der Waals surface area contributed by atoms with Crippen LogP contribution in [0.25, 0.3) is 0 Å². The summed E-state index contributed by atoms with van der Waals surface area (Å²) in [4.78, 5) is 0.272. The van der Waals surface area contributed by atoms with Crippen LogP contribution >= 0.6 is 0 Å². The maximum atomic E-state index is 12.6. The van der Waals surface area contributed by atoms with Gasteiger partial charge < -0.3 is 5.11 Å². The molecule has 2 rings (SSSR count). The van der Waals surface area contributed by atoms with Crippen LogP contribution in [0.15, 0.2) is 34.7 Å². The van der Waals surface area contributed by atoms with E-state index in [0.29, 0.717) is 18.7 Å². The minimum absolute atomic E-state index is 0.133. The van der Waals surface area contributed by atoms with Crippen molar-refractivity contribution in [1.82, 2.24) is 4.31 Å². The number of hydrogen-bond acceptors (Lipinski definition) is 3. The lowest BCUT2D eigenvalue weighted by Gasteiger charge is -2.25. The molecule has 4 nitrogen and oxygen atoms in total. The Bertz CT molecular complexity index is 620. The van der Waals surface area contributed by atoms with Gasteiger partial charge in [0, 0.05) is 13.1 Å². The Kier molecular flexibility index (Phi) is 4.62. The molecule has 0 aromatic heterocycles. The number of sulfonamides is 1. The molecular formula is C15H21NO3S. The van der Waals surface area contributed by atoms with E-state index >= 15 is 0 Å². The topological polar surface area (TPSA) is 57.6 Å². The molecule has 1 aliphatic rings. The minimum Gasteiger partial charge on any atom is -0.392 e. The van der Waals surface area contributed by atoms with E-state index in [9.17, 15) is 13.5 Å². The Morgan fingerprint density at radius 2 is 2.05 bits per heavy atom. The first-order valence-electron chi connectivity index (χ1n) is 6.87. The van der Waals surface area contributed by atoms with Gasteiger partial charge in [0.1, 0.15) is 0 Å². The highest BCUT2D eigenvalue weighted by Gasteiger charge is 2.26. The van der Waals surface area contributed by atoms with Crippen molar-refractivity contribution in [2.45, 2.75) is 38.2 Å². The number of nitrogens with zero attached hydrogens (tertiary/aromatic N) is 1. The smallest absolute Gasteiger partial charge is 0.243 e. The zero-order valence-corrected chi connectivity index (χ0v) is 12.8. The molecule has 1 aromatic rings. The van der Waals surface area contributed by atoms with Gasteiger partial charge in [-0.1, -0.05) is 24.6 Å². The van der Waals surface area contributed by atoms with Crippen LogP contribution in [0.2, 0.25) is 0 Å². The number of aliphatic hydroxyl groups excluding tert-OH is 1. The predicted molar refractivity (Wildman–Crippen MR) is 78.9 cm³/mol. The summed E-state index contributed by atoms with van der Waals surface area (Å²) in [7, 11) is -3.47. The van der Waals surface area contributed by atoms with Crippen LogP contribution < -0.4 is 0 Å². The zero-order chi connectivity index (χ0) is 14.8. The molecule has 110 valence electrons. The monoisotopic (exact) mass is 295 g/mol. The molecule has 0 radical (unpaired) electrons. The van der Waals surface area contributed by atoms with Gasteiger partial charge in [0.25, 0.3) is 0 Å². The molecule has 0 saturated carbocycles. The van der Waals surface area contributed by atoms with E-state index in [-0.39, 0.29) is 11.5 Å². The van der Waals surface area contributed by atoms with Crippen molar-refractivity contribution in [2.75, 3.05) is 13.1 Å². The number of hydrogen-bond donors (Lipinski definition) is 1. The second-order valence-corrected chi connectivity index (χ2v) is 7.06. The molecule has 0 saturated heterocycles. The van der Waals surface area contributed by atoms with Gasteiger partial charge in [-0.3, -0.25) is 0 Å². The Labute approximate surface area is 120 Å². The van der Waals surface area contributed by atoms with E-state index in [1.807, 2.05) is 13.8 Å². The number of aliphatic hydroxyl groups is 1. The fourth-order valence-electron chi connectivity index (χ4n) is 2.49. The Morgan fingerprint density at radius 1 is 1.30 bits per heavy atom. The molecule has 0 bridgehead atoms. The second kappa shape index (κ2) is 6.08. The van der Waals surface area contributed by atoms with Gasteiger partial charge >= 0.3 is 0 Å². The van der Waals surface area contributed by atoms with E-state index in [2.05, 4.69) is 6.08 Å². The van der Waals surface area contributed by atoms with E-state index in [1.54, 1.807) is 18.2 Å². The van der Waals surface area contributed by atoms with Crippen molar-refractivity contribution in [3.63, 3.8) is 0 Å². The average molecular weight is 295 g/mol. The molecule has 20 heavy (non-hydrogen) atoms. The van der Waals surface area contributed by atoms with Gasteiger partial charge in [-0.25, -0.2) is 8.42 Å². The lowest BCUT2D eigenvalue weighted by Crippen LogP contribution is -2.35. The van der Waals surface area contributed by atoms with Crippen molar-refractivity contribution in [3.8, 4) is 0 Å². The number of rotatable bonds is 4. The van der Waals surface area contributed by atoms with E-state index < -0.39 is 10.0 Å². The Hall–Kier alpha value is -1.17. The molecule has 1 aromatic carbocycles. The van der Waals surface area contributed by atoms with Crippen molar-refractivity contribution in [3.05, 3.63) is 41.0 Å². The Balaban J connectivity index is 2.37. The third-order valence-corrected chi connectivity index (χ3v) is 5.50. The van der Waals surface area contributed by atoms with Crippen LogP contribution in [0.4, 0.5) is 0 Å². The van der Waals surface area contributed by atoms with Crippen molar-refractivity contribution < 1.29 is 13.5 Å². The predicted octanol–water partition coefficient (Wildman–Crippen LogP) is 2.08. The molecule has 0 spiro atoms. The molecule has 1 N–H and O–H groups in total. The maximum absolute atomic E-state index is 12.6. The van der Waals surface area contributed by atoms with Crippen LogP contribution in [-0.2, 0) is 23.1 Å². The summed E-state index contributed by atoms with van der Waals surface area (Å²) in [6.45, 7) is 4.77. The number of benzene rings is 1. The SMILES string of the molecule is CCc1ccc(S(=O)(=O)N2CCC=C(C)C2)cc1CO. The van der Waals surface area contributed by atoms with Crippen LogP contribution in [0.3, 0.4) is 0 Å². The molecule has 1 aliphatic heterocycles. The highest BCUT2D eigenvalue weighted by molar-refractivity contribution is 7.89. The van der Waals surface area contributed by atoms with Crippen molar-refractivity contribution in [1.29, 1.82) is 0 Å². The fourth-order valence-corrected chi connectivity index (χ4v) is 4.03. The van der Waals surface area contributed by atoms with Gasteiger partial charge in [0.05, 0.1) is 11.5 Å². The first kappa shape index (κ1) is 15.2. The molecule has 0 atom stereocenters. The normalized spacial score (nSPS) is 17.1. The summed E-state index contributed by atoms with van der Waals surface area (Å²) < 4.78 is 26.7. The molecule has 1 heterocycles. The lowest BCUT2D eigenvalue weighted by atomic mass is 10.1. The van der Waals surface area contributed by atoms with Crippen molar-refractivity contribution in [2.24, 2.45) is 0 Å². The van der Waals surface area contributed by atoms with E-state index in [1.165, 1.54) is 4.31 Å². The van der Waals surface area contributed by atoms with Gasteiger partial charge in [-0.15, -0.1) is 0 Å². The molecular weight excluding hydrogens is 274 g/mol. The minimum atomic E-state index is -3.47. The second-order valence-electron chi connectivity index (χ2n) is 5.12. The van der Waals surface area contributed by atoms with Crippen LogP contribution in [0.1, 0.15) is 31.4 Å². The van der Waals surface area contributed by atoms with Gasteiger partial charge in [-0.2, -0.15) is 4.31 Å². The van der Waals surface area contributed by atoms with E-state index in [0.717, 1.165) is 24.0 Å². The standard InChI is InChI=1S/C15H21NO3S/c1-3-13-6-7-15(9-14(13)11-17)20(18,19)16-8-4-5-12(2)10-16/h5-7,9,17H,3-4,8,10-11H2,1-2H3. The molecule has 5 heteroatoms. The summed E-state index contributed by atoms with van der Waals surface area (Å²) in [6, 6.07) is 5.04. The summed E-state index contributed by atoms with van der Waals surface area (Å²) in [6.07, 6.45) is 3.61. The van der Waals surface area contributed by atoms with E-state index in [4.69, 9.17) is 0 Å². The fraction of sp³-hybridized carbons (Fsp3) is 0.467. The molecule has 0 unspecified atom stereocenters.